The highest BCUT2D eigenvalue weighted by Crippen LogP contribution is 2.61. The van der Waals surface area contributed by atoms with Crippen molar-refractivity contribution >= 4 is 218 Å². The third kappa shape index (κ3) is 35.7. The summed E-state index contributed by atoms with van der Waals surface area (Å²) < 4.78 is 26.9. The lowest BCUT2D eigenvalue weighted by Gasteiger charge is -2.36. The smallest absolute Gasteiger partial charge is 0.411 e. The molecule has 3 amide bonds. The van der Waals surface area contributed by atoms with Gasteiger partial charge < -0.3 is 91.0 Å². The number of fused-ring (bicyclic) bond motifs is 2. The molecule has 39 nitrogen and oxygen atoms in total. The molecule has 8 N–H and O–H groups in total. The molecule has 0 spiro atoms. The van der Waals surface area contributed by atoms with Crippen LogP contribution in [0.4, 0.5) is 71.8 Å². The number of benzene rings is 4. The van der Waals surface area contributed by atoms with Gasteiger partial charge in [0.1, 0.15) is 35.1 Å². The number of carbonyl (C=O) groups is 6. The van der Waals surface area contributed by atoms with Gasteiger partial charge in [-0.3, -0.25) is 39.9 Å². The number of amides is 3. The van der Waals surface area contributed by atoms with Crippen molar-refractivity contribution in [3.05, 3.63) is 288 Å². The van der Waals surface area contributed by atoms with Crippen LogP contribution in [0.15, 0.2) is 225 Å². The number of halogens is 7. The average Bonchev–Trinajstić information content (AvgIpc) is 0.792. The molecule has 2 fully saturated rings. The zero-order valence-electron chi connectivity index (χ0n) is 69.8. The van der Waals surface area contributed by atoms with Crippen LogP contribution in [0.2, 0.25) is 0 Å². The van der Waals surface area contributed by atoms with Crippen LogP contribution in [0, 0.1) is 40.5 Å². The minimum absolute atomic E-state index is 0.0159. The Balaban J connectivity index is 0.000000221. The first-order valence-electron chi connectivity index (χ1n) is 38.6. The third-order valence-electron chi connectivity index (χ3n) is 17.4. The number of piperidine rings is 1. The Hall–Kier alpha value is -13.2. The molecule has 2 aliphatic rings. The monoisotopic (exact) mass is 2130 g/mol. The molecule has 47 heteroatoms. The van der Waals surface area contributed by atoms with Crippen molar-refractivity contribution in [3.8, 4) is 22.3 Å². The Morgan fingerprint density at radius 1 is 0.473 bits per heavy atom. The highest BCUT2D eigenvalue weighted by molar-refractivity contribution is 9.11. The predicted octanol–water partition coefficient (Wildman–Crippen LogP) is 21.3. The zero-order valence-corrected chi connectivity index (χ0v) is 79.3. The molecule has 14 rings (SSSR count). The van der Waals surface area contributed by atoms with Crippen molar-refractivity contribution in [2.24, 2.45) is 0 Å². The second-order valence-electron chi connectivity index (χ2n) is 28.0. The minimum atomic E-state index is -3.22. The molecule has 8 aromatic heterocycles. The third-order valence-corrected chi connectivity index (χ3v) is 19.1. The highest BCUT2D eigenvalue weighted by atomic mass is 79.9. The molecule has 131 heavy (non-hydrogen) atoms. The van der Waals surface area contributed by atoms with Gasteiger partial charge >= 0.3 is 58.7 Å². The number of pyridine rings is 8. The number of Topliss-reactive ketones (excluding diaryl/α,β-unsaturated/α-hetero) is 1. The minimum Gasteiger partial charge on any atom is -0.478 e. The molecular formula is C84H81Br4Cl3N19O20P. The van der Waals surface area contributed by atoms with Crippen LogP contribution in [-0.2, 0) is 25.2 Å². The van der Waals surface area contributed by atoms with E-state index in [0.29, 0.717) is 63.0 Å². The Kier molecular flexibility index (Phi) is 41.1. The molecule has 2 aliphatic heterocycles. The van der Waals surface area contributed by atoms with Crippen LogP contribution in [0.25, 0.3) is 44.1 Å². The summed E-state index contributed by atoms with van der Waals surface area (Å²) in [4.78, 5) is 147. The van der Waals surface area contributed by atoms with Gasteiger partial charge in [-0.25, -0.2) is 24.0 Å². The molecule has 4 aromatic carbocycles. The molecule has 0 saturated carbocycles. The normalized spacial score (nSPS) is 11.9. The number of piperazine rings is 1. The Labute approximate surface area is 794 Å². The maximum absolute atomic E-state index is 13.2. The molecule has 0 unspecified atom stereocenters. The number of carboxylic acids is 2. The van der Waals surface area contributed by atoms with Crippen molar-refractivity contribution in [3.63, 3.8) is 0 Å². The van der Waals surface area contributed by atoms with Crippen molar-refractivity contribution in [1.29, 1.82) is 0 Å². The second kappa shape index (κ2) is 51.3. The number of aromatic carboxylic acids is 2. The number of nitrogens with two attached hydrogens (primary N) is 2. The van der Waals surface area contributed by atoms with E-state index >= 15 is 0 Å². The number of nitrogens with one attached hydrogen (secondary N) is 2. The number of carboxylic acid groups (broad SMARTS) is 2. The van der Waals surface area contributed by atoms with Gasteiger partial charge in [0, 0.05) is 124 Å². The van der Waals surface area contributed by atoms with Gasteiger partial charge in [-0.2, -0.15) is 0 Å². The van der Waals surface area contributed by atoms with Crippen LogP contribution in [0.1, 0.15) is 90.5 Å². The van der Waals surface area contributed by atoms with E-state index in [1.165, 1.54) is 92.7 Å². The van der Waals surface area contributed by atoms with Gasteiger partial charge in [0.15, 0.2) is 18.2 Å². The molecule has 0 radical (unpaired) electrons. The number of ether oxygens (including phenoxy) is 3. The second-order valence-corrected chi connectivity index (χ2v) is 38.3. The number of nitrogens with zero attached hydrogens (tertiary/aromatic N) is 15. The maximum atomic E-state index is 13.2. The molecule has 0 atom stereocenters. The molecule has 0 bridgehead atoms. The van der Waals surface area contributed by atoms with Gasteiger partial charge in [0.25, 0.3) is 0 Å². The molecule has 10 heterocycles. The topological polar surface area (TPSA) is 549 Å². The van der Waals surface area contributed by atoms with E-state index in [-0.39, 0.29) is 76.1 Å². The van der Waals surface area contributed by atoms with Crippen LogP contribution in [-0.4, -0.2) is 169 Å². The maximum Gasteiger partial charge on any atom is 0.411 e. The number of nitro groups is 4. The van der Waals surface area contributed by atoms with E-state index in [0.717, 1.165) is 61.7 Å². The summed E-state index contributed by atoms with van der Waals surface area (Å²) in [5.74, 6) is -3.56. The van der Waals surface area contributed by atoms with Crippen LogP contribution in [0.3, 0.4) is 0 Å². The number of nitrogen functional groups attached to an aromatic ring is 2. The fraction of sp³-hybridized carbons (Fsp3) is 0.214. The van der Waals surface area contributed by atoms with Crippen molar-refractivity contribution in [1.82, 2.24) is 44.8 Å². The van der Waals surface area contributed by atoms with Gasteiger partial charge in [-0.05, 0) is 275 Å². The average molecular weight is 2130 g/mol. The lowest BCUT2D eigenvalue weighted by molar-refractivity contribution is -0.390. The fourth-order valence-corrected chi connectivity index (χ4v) is 13.0. The standard InChI is InChI=1S/C31H31N5O5.C15H16N2O2.C11H9N3O2.C8H8BrN3O4.C8H9BrN2O2.C6H4BrNO2.C5H4BrN3O2.Cl3OP/c1-31(2,3)41-30(38)35-13-11-34(12-14-35)26-10-9-22-15-25(20-32-27(22)18-26)28(37)17-23-16-24(19-33-29(23)36(39)40)21-7-5-4-6-8-21;18-15(19)12-8-11-4-5-13(9-14(11)16-10-12)17-6-2-1-3-7-17;12-10-6-9(7-13-11(10)14(15)16)8-4-2-1-3-5-8;1-2-16-8(13)11-6-3-5(9)4-10-7(6)12(14)15;1-2-13-8(12)11-7-3-6(9)4-10-5-7;7-5-1-4(6(9)10)2-8-3-5;6-3-1-4(7)5(8-2-3)9(10)11;1-5(2,3)4/h4-10,15-16,18-20H,11-14,17H2,1-3H3;4-5,8-10H,1-3,6-7H2,(H,18,19);1-7H,12H2;3-4H,2H2,1H3,(H,11,13);3-5H,2H2,1H3,(H,11,12);1-3H,(H,9,10);1-2H,7H2;. The number of aromatic nitrogens is 8. The Bertz CT molecular complexity index is 6110. The van der Waals surface area contributed by atoms with Gasteiger partial charge in [-0.1, -0.05) is 72.8 Å². The lowest BCUT2D eigenvalue weighted by atomic mass is 10.00. The number of anilines is 6. The Morgan fingerprint density at radius 2 is 0.901 bits per heavy atom. The number of hydrogen-bond acceptors (Lipinski definition) is 30. The van der Waals surface area contributed by atoms with Crippen molar-refractivity contribution in [2.75, 3.05) is 84.4 Å². The Morgan fingerprint density at radius 3 is 1.37 bits per heavy atom. The summed E-state index contributed by atoms with van der Waals surface area (Å²) in [6.45, 7) is 14.1. The number of carbonyl (C=O) groups excluding carboxylic acids is 4. The van der Waals surface area contributed by atoms with E-state index < -0.39 is 60.4 Å². The van der Waals surface area contributed by atoms with Gasteiger partial charge in [0.05, 0.1) is 61.8 Å². The first-order valence-corrected chi connectivity index (χ1v) is 46.2. The van der Waals surface area contributed by atoms with E-state index in [1.807, 2.05) is 112 Å². The number of rotatable bonds is 17. The van der Waals surface area contributed by atoms with Crippen LogP contribution < -0.4 is 31.9 Å². The summed E-state index contributed by atoms with van der Waals surface area (Å²) in [6.07, 6.45) is 16.5. The summed E-state index contributed by atoms with van der Waals surface area (Å²) >= 11 is 26.4. The van der Waals surface area contributed by atoms with E-state index in [4.69, 9.17) is 31.2 Å². The molecule has 2 saturated heterocycles. The quantitative estimate of drug-likeness (QED) is 0.0162. The molecular weight excluding hydrogens is 2050 g/mol. The zero-order chi connectivity index (χ0) is 96.2. The SMILES string of the molecule is CC(C)(C)OC(=O)N1CCN(c2ccc3cc(C(=O)Cc4cc(-c5ccccc5)cnc4[N+](=O)[O-])cnc3c2)CC1.CCOC(=O)Nc1cc(Br)cnc1[N+](=O)[O-].CCOC(=O)Nc1cncc(Br)c1.Nc1cc(-c2ccccc2)cnc1[N+](=O)[O-].Nc1cc(Br)cnc1[N+](=O)[O-].O=C(O)c1cnc2cc(N3CCCCC3)ccc2c1.O=C(O)c1cncc(Br)c1.O=P(Cl)(Cl)Cl. The number of hydrogen-bond donors (Lipinski definition) is 6. The largest absolute Gasteiger partial charge is 0.478 e. The molecule has 0 aliphatic carbocycles. The highest BCUT2D eigenvalue weighted by Gasteiger charge is 2.28. The summed E-state index contributed by atoms with van der Waals surface area (Å²) in [7, 11) is 0. The van der Waals surface area contributed by atoms with E-state index in [1.54, 1.807) is 61.5 Å². The molecule has 686 valence electrons. The summed E-state index contributed by atoms with van der Waals surface area (Å²) in [5.41, 5.74) is 19.1. The summed E-state index contributed by atoms with van der Waals surface area (Å²) in [6, 6.07) is 43.4. The predicted molar refractivity (Wildman–Crippen MR) is 511 cm³/mol. The first kappa shape index (κ1) is 105. The van der Waals surface area contributed by atoms with E-state index in [9.17, 15) is 73.8 Å². The molecule has 12 aromatic rings. The summed E-state index contributed by atoms with van der Waals surface area (Å²) in [5, 5.41) is 63.6. The number of ketones is 1. The fourth-order valence-electron chi connectivity index (χ4n) is 11.6. The van der Waals surface area contributed by atoms with Crippen LogP contribution in [0.5, 0.6) is 0 Å². The van der Waals surface area contributed by atoms with Crippen molar-refractivity contribution < 1.29 is 77.4 Å². The van der Waals surface area contributed by atoms with E-state index in [2.05, 4.69) is 169 Å². The van der Waals surface area contributed by atoms with Gasteiger partial charge in [0.2, 0.25) is 0 Å². The first-order chi connectivity index (χ1) is 62.1. The van der Waals surface area contributed by atoms with Gasteiger partial charge in [-0.15, -0.1) is 0 Å². The van der Waals surface area contributed by atoms with Crippen LogP contribution >= 0.6 is 103 Å². The van der Waals surface area contributed by atoms with Crippen molar-refractivity contribution in [2.45, 2.75) is 65.9 Å². The lowest BCUT2D eigenvalue weighted by Crippen LogP contribution is -2.50.